The summed E-state index contributed by atoms with van der Waals surface area (Å²) in [7, 11) is -1.89. The van der Waals surface area contributed by atoms with E-state index in [0.29, 0.717) is 11.3 Å². The van der Waals surface area contributed by atoms with E-state index in [-0.39, 0.29) is 10.6 Å². The molecule has 4 nitrogen and oxygen atoms in total. The fourth-order valence-corrected chi connectivity index (χ4v) is 3.47. The molecule has 2 aromatic rings. The van der Waals surface area contributed by atoms with Crippen molar-refractivity contribution in [1.29, 1.82) is 0 Å². The first-order valence-electron chi connectivity index (χ1n) is 8.43. The first-order chi connectivity index (χ1) is 11.4. The lowest BCUT2D eigenvalue weighted by atomic mass is 9.98. The number of nitrogens with zero attached hydrogens (tertiary/aromatic N) is 1. The van der Waals surface area contributed by atoms with Gasteiger partial charge in [-0.2, -0.15) is 0 Å². The summed E-state index contributed by atoms with van der Waals surface area (Å²) in [5.41, 5.74) is 3.62. The van der Waals surface area contributed by atoms with E-state index in [1.807, 2.05) is 25.1 Å². The van der Waals surface area contributed by atoms with Crippen molar-refractivity contribution in [2.75, 3.05) is 0 Å². The molecule has 0 radical (unpaired) electrons. The van der Waals surface area contributed by atoms with Crippen LogP contribution in [0.1, 0.15) is 42.3 Å². The van der Waals surface area contributed by atoms with Gasteiger partial charge in [0.05, 0.1) is 11.3 Å². The van der Waals surface area contributed by atoms with E-state index >= 15 is 0 Å². The Kier molecular flexibility index (Phi) is 5.09. The summed E-state index contributed by atoms with van der Waals surface area (Å²) in [6, 6.07) is 7.48. The molecule has 1 heterocycles. The van der Waals surface area contributed by atoms with Crippen LogP contribution in [0.15, 0.2) is 30.5 Å². The third-order valence-electron chi connectivity index (χ3n) is 5.07. The first kappa shape index (κ1) is 19.2. The number of aromatic nitrogens is 1. The monoisotopic (exact) mass is 357 g/mol. The highest BCUT2D eigenvalue weighted by Gasteiger charge is 2.39. The maximum absolute atomic E-state index is 11.4. The summed E-state index contributed by atoms with van der Waals surface area (Å²) >= 11 is 0. The molecule has 0 unspecified atom stereocenters. The van der Waals surface area contributed by atoms with Crippen LogP contribution in [0.4, 0.5) is 0 Å². The molecule has 0 bridgehead atoms. The molecule has 0 spiro atoms. The number of hydrogen-bond acceptors (Lipinski definition) is 3. The van der Waals surface area contributed by atoms with Gasteiger partial charge < -0.3 is 9.53 Å². The summed E-state index contributed by atoms with van der Waals surface area (Å²) in [5, 5.41) is 9.44. The summed E-state index contributed by atoms with van der Waals surface area (Å²) in [6.07, 6.45) is 1.55. The average Bonchev–Trinajstić information content (AvgIpc) is 2.46. The molecule has 134 valence electrons. The van der Waals surface area contributed by atoms with Gasteiger partial charge in [0.1, 0.15) is 5.75 Å². The Labute approximate surface area is 151 Å². The molecular formula is C20H27NO3Si. The SMILES string of the molecule is Cc1cc(O[Si](C)(C)C(C)(C)C)ccc1-c1nccc(C(=O)O)c1C. The predicted molar refractivity (Wildman–Crippen MR) is 104 cm³/mol. The Morgan fingerprint density at radius 2 is 1.80 bits per heavy atom. The zero-order valence-corrected chi connectivity index (χ0v) is 17.1. The molecule has 5 heteroatoms. The highest BCUT2D eigenvalue weighted by Crippen LogP contribution is 2.38. The number of aromatic carboxylic acids is 1. The van der Waals surface area contributed by atoms with Crippen molar-refractivity contribution in [1.82, 2.24) is 4.98 Å². The zero-order valence-electron chi connectivity index (χ0n) is 16.1. The van der Waals surface area contributed by atoms with E-state index in [9.17, 15) is 9.90 Å². The van der Waals surface area contributed by atoms with Gasteiger partial charge in [-0.1, -0.05) is 20.8 Å². The van der Waals surface area contributed by atoms with Crippen LogP contribution in [0, 0.1) is 13.8 Å². The van der Waals surface area contributed by atoms with Crippen molar-refractivity contribution in [3.05, 3.63) is 47.2 Å². The lowest BCUT2D eigenvalue weighted by molar-refractivity contribution is 0.0696. The number of aryl methyl sites for hydroxylation is 1. The number of rotatable bonds is 4. The molecule has 0 saturated heterocycles. The maximum atomic E-state index is 11.4. The summed E-state index contributed by atoms with van der Waals surface area (Å²) in [6.45, 7) is 14.9. The van der Waals surface area contributed by atoms with Crippen molar-refractivity contribution in [3.8, 4) is 17.0 Å². The average molecular weight is 358 g/mol. The predicted octanol–water partition coefficient (Wildman–Crippen LogP) is 5.45. The lowest BCUT2D eigenvalue weighted by Crippen LogP contribution is -2.43. The van der Waals surface area contributed by atoms with Gasteiger partial charge >= 0.3 is 5.97 Å². The molecule has 0 amide bonds. The standard InChI is InChI=1S/C20H27NO3Si/c1-13-12-15(24-25(6,7)20(3,4)5)8-9-16(13)18-14(2)17(19(22)23)10-11-21-18/h8-12H,1-7H3,(H,22,23). The van der Waals surface area contributed by atoms with Gasteiger partial charge in [-0.25, -0.2) is 4.79 Å². The van der Waals surface area contributed by atoms with E-state index in [1.54, 1.807) is 13.1 Å². The van der Waals surface area contributed by atoms with Crippen molar-refractivity contribution < 1.29 is 14.3 Å². The molecule has 0 aliphatic rings. The second-order valence-electron chi connectivity index (χ2n) is 7.98. The number of carbonyl (C=O) groups is 1. The second kappa shape index (κ2) is 6.63. The van der Waals surface area contributed by atoms with Crippen LogP contribution in [-0.4, -0.2) is 24.4 Å². The summed E-state index contributed by atoms with van der Waals surface area (Å²) in [5.74, 6) is -0.0726. The molecule has 1 aromatic heterocycles. The largest absolute Gasteiger partial charge is 0.543 e. The van der Waals surface area contributed by atoms with Crippen molar-refractivity contribution in [2.45, 2.75) is 52.8 Å². The number of hydrogen-bond donors (Lipinski definition) is 1. The Balaban J connectivity index is 2.42. The molecule has 1 N–H and O–H groups in total. The molecule has 1 aromatic carbocycles. The highest BCUT2D eigenvalue weighted by atomic mass is 28.4. The van der Waals surface area contributed by atoms with Crippen LogP contribution in [0.3, 0.4) is 0 Å². The Morgan fingerprint density at radius 3 is 2.32 bits per heavy atom. The third-order valence-corrected chi connectivity index (χ3v) is 9.43. The lowest BCUT2D eigenvalue weighted by Gasteiger charge is -2.36. The van der Waals surface area contributed by atoms with Gasteiger partial charge in [0.15, 0.2) is 0 Å². The number of carboxylic acid groups (broad SMARTS) is 1. The quantitative estimate of drug-likeness (QED) is 0.739. The minimum absolute atomic E-state index is 0.132. The minimum atomic E-state index is -1.89. The first-order valence-corrected chi connectivity index (χ1v) is 11.3. The normalized spacial score (nSPS) is 12.1. The highest BCUT2D eigenvalue weighted by molar-refractivity contribution is 6.74. The van der Waals surface area contributed by atoms with Crippen LogP contribution in [0.5, 0.6) is 5.75 Å². The van der Waals surface area contributed by atoms with E-state index in [4.69, 9.17) is 4.43 Å². The second-order valence-corrected chi connectivity index (χ2v) is 12.7. The van der Waals surface area contributed by atoms with Crippen LogP contribution < -0.4 is 4.43 Å². The molecular weight excluding hydrogens is 330 g/mol. The van der Waals surface area contributed by atoms with E-state index in [1.165, 1.54) is 6.07 Å². The fraction of sp³-hybridized carbons (Fsp3) is 0.400. The number of carboxylic acids is 1. The molecule has 0 aliphatic carbocycles. The summed E-state index contributed by atoms with van der Waals surface area (Å²) < 4.78 is 6.35. The molecule has 0 saturated carbocycles. The smallest absolute Gasteiger partial charge is 0.336 e. The Morgan fingerprint density at radius 1 is 1.16 bits per heavy atom. The topological polar surface area (TPSA) is 59.4 Å². The minimum Gasteiger partial charge on any atom is -0.543 e. The van der Waals surface area contributed by atoms with E-state index in [2.05, 4.69) is 38.8 Å². The van der Waals surface area contributed by atoms with Crippen LogP contribution in [-0.2, 0) is 0 Å². The summed E-state index contributed by atoms with van der Waals surface area (Å²) in [4.78, 5) is 15.8. The van der Waals surface area contributed by atoms with Crippen LogP contribution in [0.2, 0.25) is 18.1 Å². The van der Waals surface area contributed by atoms with Gasteiger partial charge in [-0.15, -0.1) is 0 Å². The van der Waals surface area contributed by atoms with Crippen LogP contribution in [0.25, 0.3) is 11.3 Å². The van der Waals surface area contributed by atoms with Crippen molar-refractivity contribution >= 4 is 14.3 Å². The third kappa shape index (κ3) is 3.93. The van der Waals surface area contributed by atoms with E-state index in [0.717, 1.165) is 16.9 Å². The van der Waals surface area contributed by atoms with Crippen molar-refractivity contribution in [3.63, 3.8) is 0 Å². The fourth-order valence-electron chi connectivity index (χ4n) is 2.45. The van der Waals surface area contributed by atoms with Gasteiger partial charge in [0.2, 0.25) is 8.32 Å². The van der Waals surface area contributed by atoms with Gasteiger partial charge in [0, 0.05) is 11.8 Å². The molecule has 25 heavy (non-hydrogen) atoms. The number of pyridine rings is 1. The van der Waals surface area contributed by atoms with Gasteiger partial charge in [-0.05, 0) is 67.4 Å². The molecule has 0 fully saturated rings. The molecule has 2 rings (SSSR count). The van der Waals surface area contributed by atoms with Crippen molar-refractivity contribution in [2.24, 2.45) is 0 Å². The van der Waals surface area contributed by atoms with Gasteiger partial charge in [-0.3, -0.25) is 4.98 Å². The maximum Gasteiger partial charge on any atom is 0.336 e. The molecule has 0 aliphatic heterocycles. The molecule has 0 atom stereocenters. The Hall–Kier alpha value is -2.14. The van der Waals surface area contributed by atoms with Gasteiger partial charge in [0.25, 0.3) is 0 Å². The van der Waals surface area contributed by atoms with Crippen LogP contribution >= 0.6 is 0 Å². The number of benzene rings is 1. The Bertz CT molecular complexity index is 807. The zero-order chi connectivity index (χ0) is 19.0. The van der Waals surface area contributed by atoms with E-state index < -0.39 is 14.3 Å².